The zero-order chi connectivity index (χ0) is 15.2. The molecular weight excluding hydrogens is 279 g/mol. The molecule has 1 aromatic rings. The molecule has 0 unspecified atom stereocenters. The van der Waals surface area contributed by atoms with Crippen molar-refractivity contribution < 1.29 is 23.2 Å². The summed E-state index contributed by atoms with van der Waals surface area (Å²) in [4.78, 5) is 9.92. The normalized spacial score (nSPS) is 11.4. The summed E-state index contributed by atoms with van der Waals surface area (Å²) in [5.74, 6) is 0. The number of benzene rings is 1. The van der Waals surface area contributed by atoms with Gasteiger partial charge in [-0.2, -0.15) is 13.2 Å². The van der Waals surface area contributed by atoms with Crippen molar-refractivity contribution in [3.05, 3.63) is 33.9 Å². The summed E-state index contributed by atoms with van der Waals surface area (Å²) in [6.45, 7) is 1.03. The molecule has 0 aliphatic heterocycles. The number of nitrogens with one attached hydrogen (secondary N) is 2. The van der Waals surface area contributed by atoms with Gasteiger partial charge in [-0.05, 0) is 12.1 Å². The molecule has 112 valence electrons. The van der Waals surface area contributed by atoms with Gasteiger partial charge in [-0.3, -0.25) is 10.1 Å². The van der Waals surface area contributed by atoms with Crippen molar-refractivity contribution in [2.75, 3.05) is 31.6 Å². The van der Waals surface area contributed by atoms with Crippen LogP contribution in [0.3, 0.4) is 0 Å². The van der Waals surface area contributed by atoms with Gasteiger partial charge in [-0.1, -0.05) is 0 Å². The van der Waals surface area contributed by atoms with Crippen LogP contribution in [0.25, 0.3) is 0 Å². The fourth-order valence-electron chi connectivity index (χ4n) is 1.50. The van der Waals surface area contributed by atoms with Crippen LogP contribution in [-0.2, 0) is 6.18 Å². The minimum atomic E-state index is -4.62. The molecule has 1 aromatic carbocycles. The highest BCUT2D eigenvalue weighted by molar-refractivity contribution is 5.62. The van der Waals surface area contributed by atoms with Crippen LogP contribution in [-0.4, -0.2) is 36.3 Å². The predicted molar refractivity (Wildman–Crippen MR) is 66.5 cm³/mol. The summed E-state index contributed by atoms with van der Waals surface area (Å²) in [5, 5.41) is 24.8. The Morgan fingerprint density at radius 2 is 1.95 bits per heavy atom. The number of hydrogen-bond acceptors (Lipinski definition) is 5. The van der Waals surface area contributed by atoms with Gasteiger partial charge in [0.1, 0.15) is 5.69 Å². The Bertz CT molecular complexity index is 466. The number of alkyl halides is 3. The second-order valence-corrected chi connectivity index (χ2v) is 3.89. The lowest BCUT2D eigenvalue weighted by Crippen LogP contribution is -2.25. The minimum Gasteiger partial charge on any atom is -0.395 e. The molecule has 0 amide bonds. The molecule has 1 rings (SSSR count). The molecule has 0 spiro atoms. The van der Waals surface area contributed by atoms with Crippen molar-refractivity contribution in [3.63, 3.8) is 0 Å². The first kappa shape index (κ1) is 16.2. The summed E-state index contributed by atoms with van der Waals surface area (Å²) in [5.41, 5.74) is -1.66. The third kappa shape index (κ3) is 4.67. The van der Waals surface area contributed by atoms with Crippen molar-refractivity contribution >= 4 is 11.4 Å². The predicted octanol–water partition coefficient (Wildman–Crippen LogP) is 1.61. The van der Waals surface area contributed by atoms with E-state index in [9.17, 15) is 23.3 Å². The Labute approximate surface area is 112 Å². The van der Waals surface area contributed by atoms with E-state index in [4.69, 9.17) is 5.11 Å². The van der Waals surface area contributed by atoms with Gasteiger partial charge >= 0.3 is 6.18 Å². The van der Waals surface area contributed by atoms with E-state index in [1.165, 1.54) is 0 Å². The first-order valence-corrected chi connectivity index (χ1v) is 5.77. The first-order chi connectivity index (χ1) is 9.36. The number of aliphatic hydroxyl groups is 1. The average Bonchev–Trinajstić information content (AvgIpc) is 2.37. The molecule has 3 N–H and O–H groups in total. The van der Waals surface area contributed by atoms with Crippen molar-refractivity contribution in [2.45, 2.75) is 6.18 Å². The maximum absolute atomic E-state index is 12.5. The highest BCUT2D eigenvalue weighted by Crippen LogP contribution is 2.34. The second kappa shape index (κ2) is 7.06. The smallest absolute Gasteiger partial charge is 0.395 e. The quantitative estimate of drug-likeness (QED) is 0.404. The van der Waals surface area contributed by atoms with Gasteiger partial charge in [0.05, 0.1) is 17.1 Å². The monoisotopic (exact) mass is 293 g/mol. The molecular formula is C11H14F3N3O3. The number of nitro benzene ring substituents is 1. The van der Waals surface area contributed by atoms with E-state index in [-0.39, 0.29) is 18.8 Å². The van der Waals surface area contributed by atoms with Gasteiger partial charge in [0.2, 0.25) is 0 Å². The molecule has 0 fully saturated rings. The van der Waals surface area contributed by atoms with Crippen LogP contribution in [0.2, 0.25) is 0 Å². The zero-order valence-electron chi connectivity index (χ0n) is 10.4. The molecule has 9 heteroatoms. The summed E-state index contributed by atoms with van der Waals surface area (Å²) >= 11 is 0. The number of nitrogens with zero attached hydrogens (tertiary/aromatic N) is 1. The Kier molecular flexibility index (Phi) is 5.71. The highest BCUT2D eigenvalue weighted by atomic mass is 19.4. The minimum absolute atomic E-state index is 0.0220. The number of nitro groups is 1. The van der Waals surface area contributed by atoms with E-state index in [2.05, 4.69) is 10.6 Å². The lowest BCUT2D eigenvalue weighted by Gasteiger charge is -2.10. The van der Waals surface area contributed by atoms with Crippen LogP contribution in [0, 0.1) is 10.1 Å². The summed E-state index contributed by atoms with van der Waals surface area (Å²) in [7, 11) is 0. The van der Waals surface area contributed by atoms with Crippen molar-refractivity contribution in [1.82, 2.24) is 5.32 Å². The number of aliphatic hydroxyl groups excluding tert-OH is 1. The van der Waals surface area contributed by atoms with E-state index in [1.807, 2.05) is 0 Å². The average molecular weight is 293 g/mol. The number of rotatable bonds is 7. The Morgan fingerprint density at radius 3 is 2.50 bits per heavy atom. The molecule has 0 aliphatic carbocycles. The van der Waals surface area contributed by atoms with Gasteiger partial charge in [-0.15, -0.1) is 0 Å². The largest absolute Gasteiger partial charge is 0.416 e. The Hall–Kier alpha value is -1.87. The summed E-state index contributed by atoms with van der Waals surface area (Å²) in [6.07, 6.45) is -4.62. The first-order valence-electron chi connectivity index (χ1n) is 5.77. The van der Waals surface area contributed by atoms with Gasteiger partial charge in [0.15, 0.2) is 0 Å². The molecule has 0 atom stereocenters. The lowest BCUT2D eigenvalue weighted by atomic mass is 10.1. The van der Waals surface area contributed by atoms with Crippen LogP contribution in [0.5, 0.6) is 0 Å². The fourth-order valence-corrected chi connectivity index (χ4v) is 1.50. The van der Waals surface area contributed by atoms with Gasteiger partial charge in [0, 0.05) is 25.7 Å². The molecule has 0 aromatic heterocycles. The van der Waals surface area contributed by atoms with Gasteiger partial charge < -0.3 is 15.7 Å². The van der Waals surface area contributed by atoms with Crippen molar-refractivity contribution in [1.29, 1.82) is 0 Å². The third-order valence-electron chi connectivity index (χ3n) is 2.43. The number of hydrogen-bond donors (Lipinski definition) is 3. The van der Waals surface area contributed by atoms with E-state index in [0.717, 1.165) is 12.1 Å². The van der Waals surface area contributed by atoms with Crippen LogP contribution in [0.1, 0.15) is 5.56 Å². The molecule has 0 aliphatic rings. The van der Waals surface area contributed by atoms with Crippen LogP contribution < -0.4 is 10.6 Å². The van der Waals surface area contributed by atoms with Gasteiger partial charge in [-0.25, -0.2) is 0 Å². The standard InChI is InChI=1S/C11H14F3N3O3/c12-11(13,14)8-1-2-9(10(7-8)17(19)20)16-4-3-15-5-6-18/h1-2,7,15-16,18H,3-6H2. The van der Waals surface area contributed by atoms with E-state index in [1.54, 1.807) is 0 Å². The third-order valence-corrected chi connectivity index (χ3v) is 2.43. The van der Waals surface area contributed by atoms with Crippen molar-refractivity contribution in [3.8, 4) is 0 Å². The Morgan fingerprint density at radius 1 is 1.25 bits per heavy atom. The van der Waals surface area contributed by atoms with E-state index in [0.29, 0.717) is 19.2 Å². The number of anilines is 1. The van der Waals surface area contributed by atoms with Gasteiger partial charge in [0.25, 0.3) is 5.69 Å². The van der Waals surface area contributed by atoms with E-state index >= 15 is 0 Å². The molecule has 0 bridgehead atoms. The maximum Gasteiger partial charge on any atom is 0.416 e. The highest BCUT2D eigenvalue weighted by Gasteiger charge is 2.32. The molecule has 0 saturated carbocycles. The van der Waals surface area contributed by atoms with Crippen LogP contribution >= 0.6 is 0 Å². The van der Waals surface area contributed by atoms with Crippen molar-refractivity contribution in [2.24, 2.45) is 0 Å². The SMILES string of the molecule is O=[N+]([O-])c1cc(C(F)(F)F)ccc1NCCNCCO. The lowest BCUT2D eigenvalue weighted by molar-refractivity contribution is -0.384. The zero-order valence-corrected chi connectivity index (χ0v) is 10.4. The topological polar surface area (TPSA) is 87.4 Å². The summed E-state index contributed by atoms with van der Waals surface area (Å²) in [6, 6.07) is 2.33. The second-order valence-electron chi connectivity index (χ2n) is 3.89. The maximum atomic E-state index is 12.5. The fraction of sp³-hybridized carbons (Fsp3) is 0.455. The van der Waals surface area contributed by atoms with Crippen LogP contribution in [0.4, 0.5) is 24.5 Å². The molecule has 6 nitrogen and oxygen atoms in total. The summed E-state index contributed by atoms with van der Waals surface area (Å²) < 4.78 is 37.4. The number of halogens is 3. The molecule has 20 heavy (non-hydrogen) atoms. The molecule has 0 heterocycles. The molecule has 0 saturated heterocycles. The van der Waals surface area contributed by atoms with E-state index < -0.39 is 22.4 Å². The Balaban J connectivity index is 2.78. The molecule has 0 radical (unpaired) electrons. The van der Waals surface area contributed by atoms with Crippen LogP contribution in [0.15, 0.2) is 18.2 Å².